The molecule has 1 aromatic carbocycles. The van der Waals surface area contributed by atoms with Crippen molar-refractivity contribution in [1.82, 2.24) is 15.1 Å². The van der Waals surface area contributed by atoms with Crippen LogP contribution in [0, 0.1) is 0 Å². The van der Waals surface area contributed by atoms with Gasteiger partial charge in [0.2, 0.25) is 0 Å². The van der Waals surface area contributed by atoms with Crippen molar-refractivity contribution in [2.45, 2.75) is 25.4 Å². The predicted molar refractivity (Wildman–Crippen MR) is 88.1 cm³/mol. The quantitative estimate of drug-likeness (QED) is 0.859. The largest absolute Gasteiger partial charge is 0.497 e. The molecule has 0 aliphatic carbocycles. The molecule has 1 heterocycles. The maximum atomic E-state index is 5.34. The van der Waals surface area contributed by atoms with E-state index in [1.807, 2.05) is 6.07 Å². The van der Waals surface area contributed by atoms with Crippen LogP contribution in [0.4, 0.5) is 0 Å². The Bertz CT molecular complexity index is 438. The summed E-state index contributed by atoms with van der Waals surface area (Å²) in [6.07, 6.45) is 1.04. The van der Waals surface area contributed by atoms with Gasteiger partial charge in [0.15, 0.2) is 0 Å². The van der Waals surface area contributed by atoms with E-state index >= 15 is 0 Å². The van der Waals surface area contributed by atoms with E-state index in [4.69, 9.17) is 4.74 Å². The van der Waals surface area contributed by atoms with Crippen LogP contribution in [0.1, 0.15) is 12.5 Å². The summed E-state index contributed by atoms with van der Waals surface area (Å²) >= 11 is 0. The molecule has 0 saturated carbocycles. The Morgan fingerprint density at radius 2 is 2.14 bits per heavy atom. The van der Waals surface area contributed by atoms with Crippen LogP contribution in [0.25, 0.3) is 0 Å². The molecule has 4 heteroatoms. The fraction of sp³-hybridized carbons (Fsp3) is 0.647. The molecule has 1 N–H and O–H groups in total. The zero-order valence-electron chi connectivity index (χ0n) is 13.8. The van der Waals surface area contributed by atoms with Gasteiger partial charge >= 0.3 is 0 Å². The molecule has 21 heavy (non-hydrogen) atoms. The first-order valence-corrected chi connectivity index (χ1v) is 7.89. The molecule has 1 aromatic rings. The second-order valence-electron chi connectivity index (χ2n) is 6.03. The van der Waals surface area contributed by atoms with Crippen LogP contribution < -0.4 is 10.1 Å². The summed E-state index contributed by atoms with van der Waals surface area (Å²) in [5.41, 5.74) is 1.34. The van der Waals surface area contributed by atoms with Gasteiger partial charge in [-0.05, 0) is 44.8 Å². The zero-order valence-corrected chi connectivity index (χ0v) is 13.8. The Labute approximate surface area is 129 Å². The van der Waals surface area contributed by atoms with Crippen LogP contribution >= 0.6 is 0 Å². The number of methoxy groups -OCH3 is 1. The van der Waals surface area contributed by atoms with E-state index in [0.717, 1.165) is 38.3 Å². The molecule has 0 amide bonds. The minimum absolute atomic E-state index is 0.467. The van der Waals surface area contributed by atoms with Crippen molar-refractivity contribution in [2.75, 3.05) is 47.4 Å². The van der Waals surface area contributed by atoms with Gasteiger partial charge in [0.1, 0.15) is 5.75 Å². The van der Waals surface area contributed by atoms with Gasteiger partial charge in [0, 0.05) is 31.7 Å². The highest BCUT2D eigenvalue weighted by molar-refractivity contribution is 5.29. The number of nitrogens with one attached hydrogen (secondary N) is 1. The van der Waals surface area contributed by atoms with E-state index in [1.165, 1.54) is 5.56 Å². The van der Waals surface area contributed by atoms with Crippen LogP contribution in [0.15, 0.2) is 24.3 Å². The predicted octanol–water partition coefficient (Wildman–Crippen LogP) is 1.46. The van der Waals surface area contributed by atoms with Crippen LogP contribution in [0.3, 0.4) is 0 Å². The number of hydrogen-bond acceptors (Lipinski definition) is 4. The molecule has 0 spiro atoms. The van der Waals surface area contributed by atoms with Crippen molar-refractivity contribution in [2.24, 2.45) is 0 Å². The minimum Gasteiger partial charge on any atom is -0.497 e. The Morgan fingerprint density at radius 3 is 2.86 bits per heavy atom. The average Bonchev–Trinajstić information content (AvgIpc) is 2.49. The lowest BCUT2D eigenvalue weighted by Gasteiger charge is -2.42. The molecule has 2 atom stereocenters. The number of likely N-dealkylation sites (N-methyl/N-ethyl adjacent to an activating group) is 3. The van der Waals surface area contributed by atoms with Crippen molar-refractivity contribution >= 4 is 0 Å². The first-order chi connectivity index (χ1) is 10.1. The van der Waals surface area contributed by atoms with Gasteiger partial charge in [-0.25, -0.2) is 0 Å². The molecule has 2 rings (SSSR count). The monoisotopic (exact) mass is 291 g/mol. The first kappa shape index (κ1) is 16.3. The van der Waals surface area contributed by atoms with Crippen molar-refractivity contribution in [3.8, 4) is 5.75 Å². The second kappa shape index (κ2) is 7.78. The maximum absolute atomic E-state index is 5.34. The van der Waals surface area contributed by atoms with E-state index in [2.05, 4.69) is 54.3 Å². The lowest BCUT2D eigenvalue weighted by Crippen LogP contribution is -2.59. The van der Waals surface area contributed by atoms with Gasteiger partial charge in [-0.3, -0.25) is 4.90 Å². The van der Waals surface area contributed by atoms with Crippen molar-refractivity contribution in [3.05, 3.63) is 29.8 Å². The lowest BCUT2D eigenvalue weighted by atomic mass is 9.96. The van der Waals surface area contributed by atoms with Crippen LogP contribution in [0.2, 0.25) is 0 Å². The summed E-state index contributed by atoms with van der Waals surface area (Å²) in [5.74, 6) is 0.942. The third-order valence-electron chi connectivity index (χ3n) is 4.42. The number of nitrogens with zero attached hydrogens (tertiary/aromatic N) is 2. The third kappa shape index (κ3) is 4.43. The molecule has 0 bridgehead atoms. The van der Waals surface area contributed by atoms with E-state index < -0.39 is 0 Å². The summed E-state index contributed by atoms with van der Waals surface area (Å²) in [7, 11) is 6.19. The minimum atomic E-state index is 0.467. The van der Waals surface area contributed by atoms with E-state index in [1.54, 1.807) is 7.11 Å². The highest BCUT2D eigenvalue weighted by atomic mass is 16.5. The molecule has 118 valence electrons. The molecular weight excluding hydrogens is 262 g/mol. The summed E-state index contributed by atoms with van der Waals surface area (Å²) in [4.78, 5) is 4.92. The Morgan fingerprint density at radius 1 is 1.33 bits per heavy atom. The molecule has 4 nitrogen and oxygen atoms in total. The number of benzene rings is 1. The van der Waals surface area contributed by atoms with Gasteiger partial charge in [-0.1, -0.05) is 19.1 Å². The highest BCUT2D eigenvalue weighted by Gasteiger charge is 2.29. The lowest BCUT2D eigenvalue weighted by molar-refractivity contribution is 0.0881. The molecule has 1 aliphatic rings. The summed E-state index contributed by atoms with van der Waals surface area (Å²) in [6.45, 7) is 6.61. The Kier molecular flexibility index (Phi) is 6.03. The highest BCUT2D eigenvalue weighted by Crippen LogP contribution is 2.18. The third-order valence-corrected chi connectivity index (χ3v) is 4.42. The van der Waals surface area contributed by atoms with Gasteiger partial charge < -0.3 is 15.0 Å². The van der Waals surface area contributed by atoms with Crippen molar-refractivity contribution in [1.29, 1.82) is 0 Å². The van der Waals surface area contributed by atoms with Gasteiger partial charge in [-0.15, -0.1) is 0 Å². The topological polar surface area (TPSA) is 27.7 Å². The Hall–Kier alpha value is -1.10. The molecule has 0 aromatic heterocycles. The fourth-order valence-electron chi connectivity index (χ4n) is 3.14. The number of hydrogen-bond donors (Lipinski definition) is 1. The summed E-state index contributed by atoms with van der Waals surface area (Å²) < 4.78 is 5.34. The molecule has 1 fully saturated rings. The normalized spacial score (nSPS) is 22.2. The fourth-order valence-corrected chi connectivity index (χ4v) is 3.14. The second-order valence-corrected chi connectivity index (χ2v) is 6.03. The molecule has 2 unspecified atom stereocenters. The van der Waals surface area contributed by atoms with Crippen LogP contribution in [-0.2, 0) is 6.42 Å². The van der Waals surface area contributed by atoms with E-state index in [-0.39, 0.29) is 0 Å². The standard InChI is InChI=1S/C17H29N3O/c1-5-18-16(17-13-19(2)9-10-20(17)3)12-14-7-6-8-15(11-14)21-4/h6-8,11,16-18H,5,9-10,12-13H2,1-4H3. The van der Waals surface area contributed by atoms with Gasteiger partial charge in [0.05, 0.1) is 7.11 Å². The zero-order chi connectivity index (χ0) is 15.2. The average molecular weight is 291 g/mol. The maximum Gasteiger partial charge on any atom is 0.119 e. The molecule has 0 radical (unpaired) electrons. The van der Waals surface area contributed by atoms with Crippen molar-refractivity contribution in [3.63, 3.8) is 0 Å². The SMILES string of the molecule is CCNC(Cc1cccc(OC)c1)C1CN(C)CCN1C. The first-order valence-electron chi connectivity index (χ1n) is 7.89. The Balaban J connectivity index is 2.10. The molecule has 1 aliphatic heterocycles. The van der Waals surface area contributed by atoms with Gasteiger partial charge in [-0.2, -0.15) is 0 Å². The van der Waals surface area contributed by atoms with E-state index in [0.29, 0.717) is 12.1 Å². The smallest absolute Gasteiger partial charge is 0.119 e. The van der Waals surface area contributed by atoms with Crippen molar-refractivity contribution < 1.29 is 4.74 Å². The number of ether oxygens (including phenoxy) is 1. The van der Waals surface area contributed by atoms with E-state index in [9.17, 15) is 0 Å². The summed E-state index contributed by atoms with van der Waals surface area (Å²) in [5, 5.41) is 3.68. The van der Waals surface area contributed by atoms with Crippen LogP contribution in [0.5, 0.6) is 5.75 Å². The summed E-state index contributed by atoms with van der Waals surface area (Å²) in [6, 6.07) is 9.45. The number of rotatable bonds is 6. The molecule has 1 saturated heterocycles. The van der Waals surface area contributed by atoms with Crippen LogP contribution in [-0.4, -0.2) is 69.3 Å². The van der Waals surface area contributed by atoms with Gasteiger partial charge in [0.25, 0.3) is 0 Å². The molecular formula is C17H29N3O. The number of piperazine rings is 1.